The van der Waals surface area contributed by atoms with Gasteiger partial charge in [0.15, 0.2) is 11.0 Å². The van der Waals surface area contributed by atoms with Crippen molar-refractivity contribution in [2.24, 2.45) is 0 Å². The van der Waals surface area contributed by atoms with Gasteiger partial charge in [-0.05, 0) is 11.5 Å². The highest BCUT2D eigenvalue weighted by Crippen LogP contribution is 2.22. The molecule has 0 amide bonds. The molecule has 10 heavy (non-hydrogen) atoms. The number of hydrogen-bond donors (Lipinski definition) is 0. The van der Waals surface area contributed by atoms with Crippen LogP contribution in [0.1, 0.15) is 0 Å². The standard InChI is InChI=1S/C5H3ClO3S/c6-9-5(8)4-3(7)1-2-10-4/h1-2,4H. The van der Waals surface area contributed by atoms with Crippen molar-refractivity contribution < 1.29 is 13.9 Å². The number of carbonyl (C=O) groups is 2. The van der Waals surface area contributed by atoms with Gasteiger partial charge in [-0.1, -0.05) is 0 Å². The van der Waals surface area contributed by atoms with Gasteiger partial charge in [0.2, 0.25) is 0 Å². The summed E-state index contributed by atoms with van der Waals surface area (Å²) in [6, 6.07) is 0. The Kier molecular flexibility index (Phi) is 2.34. The van der Waals surface area contributed by atoms with Gasteiger partial charge in [0.05, 0.1) is 0 Å². The Balaban J connectivity index is 2.59. The molecule has 5 heteroatoms. The van der Waals surface area contributed by atoms with E-state index in [0.29, 0.717) is 0 Å². The fourth-order valence-electron chi connectivity index (χ4n) is 0.552. The molecule has 0 spiro atoms. The van der Waals surface area contributed by atoms with Crippen LogP contribution in [0.2, 0.25) is 0 Å². The fraction of sp³-hybridized carbons (Fsp3) is 0.200. The molecule has 1 unspecified atom stereocenters. The van der Waals surface area contributed by atoms with E-state index in [1.807, 2.05) is 0 Å². The summed E-state index contributed by atoms with van der Waals surface area (Å²) in [6.45, 7) is 0. The minimum Gasteiger partial charge on any atom is -0.346 e. The predicted molar refractivity (Wildman–Crippen MR) is 37.5 cm³/mol. The minimum absolute atomic E-state index is 0.268. The molecule has 0 N–H and O–H groups in total. The molecule has 0 saturated carbocycles. The van der Waals surface area contributed by atoms with Crippen molar-refractivity contribution in [3.8, 4) is 0 Å². The Morgan fingerprint density at radius 2 is 2.50 bits per heavy atom. The largest absolute Gasteiger partial charge is 0.346 e. The third-order valence-electron chi connectivity index (χ3n) is 0.995. The summed E-state index contributed by atoms with van der Waals surface area (Å²) in [6.07, 6.45) is 1.32. The Hall–Kier alpha value is -0.480. The van der Waals surface area contributed by atoms with Crippen LogP contribution >= 0.6 is 23.6 Å². The number of thioether (sulfide) groups is 1. The van der Waals surface area contributed by atoms with E-state index in [1.54, 1.807) is 5.41 Å². The molecule has 1 aliphatic rings. The molecule has 0 aromatic rings. The molecule has 0 aromatic carbocycles. The molecule has 0 saturated heterocycles. The Bertz CT molecular complexity index is 201. The second-order valence-corrected chi connectivity index (χ2v) is 2.79. The van der Waals surface area contributed by atoms with Gasteiger partial charge in [-0.3, -0.25) is 4.79 Å². The van der Waals surface area contributed by atoms with E-state index in [0.717, 1.165) is 11.8 Å². The zero-order valence-electron chi connectivity index (χ0n) is 4.74. The quantitative estimate of drug-likeness (QED) is 0.560. The Morgan fingerprint density at radius 3 is 2.90 bits per heavy atom. The fourth-order valence-corrected chi connectivity index (χ4v) is 1.44. The van der Waals surface area contributed by atoms with Crippen LogP contribution in [0.25, 0.3) is 0 Å². The zero-order valence-corrected chi connectivity index (χ0v) is 6.32. The van der Waals surface area contributed by atoms with Crippen molar-refractivity contribution in [1.82, 2.24) is 0 Å². The van der Waals surface area contributed by atoms with Crippen molar-refractivity contribution >= 4 is 35.4 Å². The normalized spacial score (nSPS) is 23.3. The van der Waals surface area contributed by atoms with Crippen molar-refractivity contribution in [3.05, 3.63) is 11.5 Å². The van der Waals surface area contributed by atoms with Gasteiger partial charge in [-0.2, -0.15) is 0 Å². The second-order valence-electron chi connectivity index (χ2n) is 1.62. The number of allylic oxidation sites excluding steroid dienone is 1. The lowest BCUT2D eigenvalue weighted by molar-refractivity contribution is -0.135. The van der Waals surface area contributed by atoms with Gasteiger partial charge in [0, 0.05) is 0 Å². The summed E-state index contributed by atoms with van der Waals surface area (Å²) >= 11 is 5.85. The van der Waals surface area contributed by atoms with E-state index in [1.165, 1.54) is 6.08 Å². The van der Waals surface area contributed by atoms with Crippen molar-refractivity contribution in [1.29, 1.82) is 0 Å². The maximum Gasteiger partial charge on any atom is 0.345 e. The summed E-state index contributed by atoms with van der Waals surface area (Å²) in [4.78, 5) is 21.3. The summed E-state index contributed by atoms with van der Waals surface area (Å²) in [5.74, 6) is -0.975. The van der Waals surface area contributed by atoms with E-state index < -0.39 is 11.2 Å². The molecule has 54 valence electrons. The summed E-state index contributed by atoms with van der Waals surface area (Å²) in [7, 11) is 0. The molecule has 1 atom stereocenters. The molecule has 0 radical (unpaired) electrons. The highest BCUT2D eigenvalue weighted by molar-refractivity contribution is 8.04. The first-order chi connectivity index (χ1) is 4.75. The Labute approximate surface area is 66.5 Å². The minimum atomic E-state index is -0.780. The number of hydrogen-bond acceptors (Lipinski definition) is 4. The first-order valence-corrected chi connectivity index (χ1v) is 3.69. The lowest BCUT2D eigenvalue weighted by Gasteiger charge is -1.99. The van der Waals surface area contributed by atoms with E-state index in [9.17, 15) is 9.59 Å². The zero-order chi connectivity index (χ0) is 7.56. The highest BCUT2D eigenvalue weighted by atomic mass is 35.5. The monoisotopic (exact) mass is 178 g/mol. The van der Waals surface area contributed by atoms with E-state index in [-0.39, 0.29) is 5.78 Å². The first kappa shape index (κ1) is 7.63. The van der Waals surface area contributed by atoms with Gasteiger partial charge in [-0.25, -0.2) is 4.79 Å². The average Bonchev–Trinajstić information content (AvgIpc) is 2.34. The number of halogens is 1. The van der Waals surface area contributed by atoms with Crippen LogP contribution in [0.5, 0.6) is 0 Å². The van der Waals surface area contributed by atoms with Gasteiger partial charge in [-0.15, -0.1) is 11.8 Å². The van der Waals surface area contributed by atoms with Crippen LogP contribution in [0, 0.1) is 0 Å². The SMILES string of the molecule is O=C1C=CSC1C(=O)OCl. The van der Waals surface area contributed by atoms with Gasteiger partial charge in [0.25, 0.3) is 0 Å². The average molecular weight is 179 g/mol. The van der Waals surface area contributed by atoms with Crippen LogP contribution in [0.15, 0.2) is 11.5 Å². The van der Waals surface area contributed by atoms with Crippen LogP contribution in [0.3, 0.4) is 0 Å². The topological polar surface area (TPSA) is 43.4 Å². The molecular formula is C5H3ClO3S. The second kappa shape index (κ2) is 3.07. The molecule has 1 rings (SSSR count). The third-order valence-corrected chi connectivity index (χ3v) is 2.14. The Morgan fingerprint density at radius 1 is 1.80 bits per heavy atom. The van der Waals surface area contributed by atoms with Crippen LogP contribution < -0.4 is 0 Å². The maximum atomic E-state index is 10.7. The van der Waals surface area contributed by atoms with E-state index >= 15 is 0 Å². The lowest BCUT2D eigenvalue weighted by Crippen LogP contribution is -2.22. The third kappa shape index (κ3) is 1.33. The summed E-state index contributed by atoms with van der Waals surface area (Å²) < 4.78 is 3.86. The molecule has 1 aliphatic heterocycles. The molecule has 0 aliphatic carbocycles. The van der Waals surface area contributed by atoms with Crippen LogP contribution in [-0.4, -0.2) is 17.0 Å². The molecule has 0 fully saturated rings. The van der Waals surface area contributed by atoms with Crippen LogP contribution in [0.4, 0.5) is 0 Å². The number of rotatable bonds is 1. The smallest absolute Gasteiger partial charge is 0.345 e. The molecule has 1 heterocycles. The highest BCUT2D eigenvalue weighted by Gasteiger charge is 2.29. The summed E-state index contributed by atoms with van der Waals surface area (Å²) in [5.41, 5.74) is 0. The van der Waals surface area contributed by atoms with Crippen molar-refractivity contribution in [3.63, 3.8) is 0 Å². The van der Waals surface area contributed by atoms with Crippen molar-refractivity contribution in [2.75, 3.05) is 0 Å². The molecule has 0 bridgehead atoms. The lowest BCUT2D eigenvalue weighted by atomic mass is 10.3. The molecular weight excluding hydrogens is 176 g/mol. The number of ketones is 1. The van der Waals surface area contributed by atoms with Crippen molar-refractivity contribution in [2.45, 2.75) is 5.25 Å². The van der Waals surface area contributed by atoms with E-state index in [2.05, 4.69) is 4.29 Å². The van der Waals surface area contributed by atoms with Gasteiger partial charge < -0.3 is 4.29 Å². The molecule has 3 nitrogen and oxygen atoms in total. The number of carbonyl (C=O) groups excluding carboxylic acids is 2. The predicted octanol–water partition coefficient (Wildman–Crippen LogP) is 0.882. The maximum absolute atomic E-state index is 10.7. The van der Waals surface area contributed by atoms with Gasteiger partial charge in [0.1, 0.15) is 11.9 Å². The van der Waals surface area contributed by atoms with E-state index in [4.69, 9.17) is 11.9 Å². The van der Waals surface area contributed by atoms with Crippen LogP contribution in [-0.2, 0) is 13.9 Å². The van der Waals surface area contributed by atoms with Gasteiger partial charge >= 0.3 is 5.97 Å². The first-order valence-electron chi connectivity index (χ1n) is 2.44. The molecule has 0 aromatic heterocycles. The summed E-state index contributed by atoms with van der Waals surface area (Å²) in [5, 5.41) is 0.762.